The zero-order valence-corrected chi connectivity index (χ0v) is 18.7. The molecular formula is C23H21ClN2O5S. The number of nitrogens with zero attached hydrogens (tertiary/aromatic N) is 2. The van der Waals surface area contributed by atoms with Crippen molar-refractivity contribution in [2.45, 2.75) is 6.61 Å². The highest BCUT2D eigenvalue weighted by molar-refractivity contribution is 8.18. The van der Waals surface area contributed by atoms with Crippen molar-refractivity contribution in [3.63, 3.8) is 0 Å². The molecule has 0 aromatic heterocycles. The van der Waals surface area contributed by atoms with E-state index in [2.05, 4.69) is 0 Å². The minimum absolute atomic E-state index is 0.249. The standard InChI is InChI=1S/C23H21ClN2O5S/c24-18-7-3-1-6-17(18)15-31-19-8-4-2-5-16(19)13-20-22(28)26(23(29)32-20)14-21(27)25-9-11-30-12-10-25/h1-8,13H,9-12,14-15H2/b20-13-. The Kier molecular flexibility index (Phi) is 7.14. The Balaban J connectivity index is 1.47. The minimum Gasteiger partial charge on any atom is -0.488 e. The number of imide groups is 1. The number of halogens is 1. The third-order valence-corrected chi connectivity index (χ3v) is 6.35. The zero-order valence-electron chi connectivity index (χ0n) is 17.2. The summed E-state index contributed by atoms with van der Waals surface area (Å²) in [6.45, 7) is 1.83. The van der Waals surface area contributed by atoms with Crippen molar-refractivity contribution in [1.82, 2.24) is 9.80 Å². The molecule has 0 atom stereocenters. The molecule has 0 bridgehead atoms. The van der Waals surface area contributed by atoms with Gasteiger partial charge < -0.3 is 14.4 Å². The Morgan fingerprint density at radius 3 is 2.59 bits per heavy atom. The Morgan fingerprint density at radius 2 is 1.81 bits per heavy atom. The molecule has 0 unspecified atom stereocenters. The van der Waals surface area contributed by atoms with Gasteiger partial charge in [0.05, 0.1) is 18.1 Å². The van der Waals surface area contributed by atoms with Gasteiger partial charge in [0.25, 0.3) is 11.1 Å². The molecule has 2 aromatic carbocycles. The van der Waals surface area contributed by atoms with Gasteiger partial charge in [-0.15, -0.1) is 0 Å². The molecule has 0 spiro atoms. The number of hydrogen-bond donors (Lipinski definition) is 0. The summed E-state index contributed by atoms with van der Waals surface area (Å²) in [6, 6.07) is 14.6. The number of morpholine rings is 1. The second kappa shape index (κ2) is 10.2. The summed E-state index contributed by atoms with van der Waals surface area (Å²) in [5.74, 6) is -0.188. The van der Waals surface area contributed by atoms with Crippen molar-refractivity contribution in [2.75, 3.05) is 32.8 Å². The highest BCUT2D eigenvalue weighted by atomic mass is 35.5. The number of amides is 3. The predicted molar refractivity (Wildman–Crippen MR) is 122 cm³/mol. The van der Waals surface area contributed by atoms with Gasteiger partial charge >= 0.3 is 0 Å². The van der Waals surface area contributed by atoms with Crippen LogP contribution in [0.15, 0.2) is 53.4 Å². The van der Waals surface area contributed by atoms with Crippen LogP contribution in [0.3, 0.4) is 0 Å². The topological polar surface area (TPSA) is 76.2 Å². The molecule has 0 N–H and O–H groups in total. The molecule has 2 aromatic rings. The summed E-state index contributed by atoms with van der Waals surface area (Å²) >= 11 is 7.01. The minimum atomic E-state index is -0.484. The number of hydrogen-bond acceptors (Lipinski definition) is 6. The van der Waals surface area contributed by atoms with E-state index in [-0.39, 0.29) is 24.0 Å². The summed E-state index contributed by atoms with van der Waals surface area (Å²) in [7, 11) is 0. The molecule has 9 heteroatoms. The summed E-state index contributed by atoms with van der Waals surface area (Å²) in [5, 5.41) is 0.147. The van der Waals surface area contributed by atoms with Gasteiger partial charge in [0.2, 0.25) is 5.91 Å². The third-order valence-electron chi connectivity index (χ3n) is 5.08. The van der Waals surface area contributed by atoms with Crippen LogP contribution in [0.2, 0.25) is 5.02 Å². The second-order valence-electron chi connectivity index (χ2n) is 7.18. The molecule has 0 aliphatic carbocycles. The Hall–Kier alpha value is -2.81. The van der Waals surface area contributed by atoms with Crippen LogP contribution in [0, 0.1) is 0 Å². The van der Waals surface area contributed by atoms with E-state index in [0.29, 0.717) is 42.6 Å². The maximum atomic E-state index is 12.8. The molecule has 166 valence electrons. The van der Waals surface area contributed by atoms with Gasteiger partial charge in [-0.25, -0.2) is 0 Å². The van der Waals surface area contributed by atoms with Gasteiger partial charge in [0, 0.05) is 29.2 Å². The van der Waals surface area contributed by atoms with Crippen molar-refractivity contribution >= 4 is 46.5 Å². The van der Waals surface area contributed by atoms with Crippen molar-refractivity contribution in [1.29, 1.82) is 0 Å². The average Bonchev–Trinajstić information content (AvgIpc) is 3.07. The van der Waals surface area contributed by atoms with Crippen molar-refractivity contribution in [3.8, 4) is 5.75 Å². The lowest BCUT2D eigenvalue weighted by molar-refractivity contribution is -0.139. The van der Waals surface area contributed by atoms with Crippen LogP contribution in [0.1, 0.15) is 11.1 Å². The molecule has 0 saturated carbocycles. The maximum Gasteiger partial charge on any atom is 0.294 e. The normalized spacial score (nSPS) is 17.8. The Morgan fingerprint density at radius 1 is 1.09 bits per heavy atom. The maximum absolute atomic E-state index is 12.8. The van der Waals surface area contributed by atoms with E-state index in [1.165, 1.54) is 0 Å². The summed E-state index contributed by atoms with van der Waals surface area (Å²) in [6.07, 6.45) is 1.62. The number of carbonyl (C=O) groups excluding carboxylic acids is 3. The van der Waals surface area contributed by atoms with E-state index in [1.807, 2.05) is 30.3 Å². The van der Waals surface area contributed by atoms with Gasteiger partial charge in [-0.1, -0.05) is 48.0 Å². The number of carbonyl (C=O) groups is 3. The number of thioether (sulfide) groups is 1. The van der Waals surface area contributed by atoms with E-state index in [1.54, 1.807) is 29.2 Å². The third kappa shape index (κ3) is 5.15. The predicted octanol–water partition coefficient (Wildman–Crippen LogP) is 3.81. The molecule has 4 rings (SSSR count). The zero-order chi connectivity index (χ0) is 22.5. The lowest BCUT2D eigenvalue weighted by atomic mass is 10.1. The van der Waals surface area contributed by atoms with Gasteiger partial charge in [-0.3, -0.25) is 19.3 Å². The van der Waals surface area contributed by atoms with E-state index in [0.717, 1.165) is 22.2 Å². The van der Waals surface area contributed by atoms with Crippen molar-refractivity contribution in [2.24, 2.45) is 0 Å². The van der Waals surface area contributed by atoms with Gasteiger partial charge in [0.1, 0.15) is 18.9 Å². The lowest BCUT2D eigenvalue weighted by Crippen LogP contribution is -2.46. The molecule has 3 amide bonds. The molecule has 2 saturated heterocycles. The molecule has 7 nitrogen and oxygen atoms in total. The summed E-state index contributed by atoms with van der Waals surface area (Å²) in [5.41, 5.74) is 1.50. The first-order chi connectivity index (χ1) is 15.5. The summed E-state index contributed by atoms with van der Waals surface area (Å²) < 4.78 is 11.2. The Labute approximate surface area is 194 Å². The molecule has 2 heterocycles. The van der Waals surface area contributed by atoms with E-state index in [4.69, 9.17) is 21.1 Å². The molecule has 2 fully saturated rings. The molecule has 32 heavy (non-hydrogen) atoms. The summed E-state index contributed by atoms with van der Waals surface area (Å²) in [4.78, 5) is 40.6. The highest BCUT2D eigenvalue weighted by Gasteiger charge is 2.37. The van der Waals surface area contributed by atoms with Gasteiger partial charge in [-0.05, 0) is 30.0 Å². The lowest BCUT2D eigenvalue weighted by Gasteiger charge is -2.28. The number of para-hydroxylation sites is 1. The Bertz CT molecular complexity index is 1070. The monoisotopic (exact) mass is 472 g/mol. The van der Waals surface area contributed by atoms with Gasteiger partial charge in [0.15, 0.2) is 0 Å². The fourth-order valence-corrected chi connectivity index (χ4v) is 4.35. The largest absolute Gasteiger partial charge is 0.488 e. The molecule has 2 aliphatic heterocycles. The molecular weight excluding hydrogens is 452 g/mol. The quantitative estimate of drug-likeness (QED) is 0.595. The van der Waals surface area contributed by atoms with Gasteiger partial charge in [-0.2, -0.15) is 0 Å². The van der Waals surface area contributed by atoms with Crippen molar-refractivity contribution in [3.05, 3.63) is 69.6 Å². The number of rotatable bonds is 6. The fourth-order valence-electron chi connectivity index (χ4n) is 3.33. The smallest absolute Gasteiger partial charge is 0.294 e. The second-order valence-corrected chi connectivity index (χ2v) is 8.58. The van der Waals surface area contributed by atoms with E-state index < -0.39 is 11.1 Å². The average molecular weight is 473 g/mol. The van der Waals surface area contributed by atoms with Crippen molar-refractivity contribution < 1.29 is 23.9 Å². The number of benzene rings is 2. The molecule has 0 radical (unpaired) electrons. The van der Waals surface area contributed by atoms with Crippen LogP contribution in [0.4, 0.5) is 4.79 Å². The first-order valence-corrected chi connectivity index (χ1v) is 11.3. The molecule has 2 aliphatic rings. The van der Waals surface area contributed by atoms with E-state index >= 15 is 0 Å². The van der Waals surface area contributed by atoms with Crippen LogP contribution >= 0.6 is 23.4 Å². The SMILES string of the molecule is O=C(CN1C(=O)S/C(=C\c2ccccc2OCc2ccccc2Cl)C1=O)N1CCOCC1. The van der Waals surface area contributed by atoms with Crippen LogP contribution in [-0.2, 0) is 20.9 Å². The van der Waals surface area contributed by atoms with Crippen LogP contribution in [0.25, 0.3) is 6.08 Å². The van der Waals surface area contributed by atoms with Crippen LogP contribution < -0.4 is 4.74 Å². The van der Waals surface area contributed by atoms with E-state index in [9.17, 15) is 14.4 Å². The highest BCUT2D eigenvalue weighted by Crippen LogP contribution is 2.34. The fraction of sp³-hybridized carbons (Fsp3) is 0.261. The first-order valence-electron chi connectivity index (χ1n) is 10.1. The van der Waals surface area contributed by atoms with Crippen LogP contribution in [0.5, 0.6) is 5.75 Å². The number of ether oxygens (including phenoxy) is 2. The first kappa shape index (κ1) is 22.4. The van der Waals surface area contributed by atoms with Crippen LogP contribution in [-0.4, -0.2) is 59.7 Å².